The van der Waals surface area contributed by atoms with Crippen molar-refractivity contribution >= 4 is 5.97 Å². The summed E-state index contributed by atoms with van der Waals surface area (Å²) in [6, 6.07) is 16.5. The maximum absolute atomic E-state index is 14.4. The van der Waals surface area contributed by atoms with Gasteiger partial charge in [0.05, 0.1) is 11.3 Å². The fourth-order valence-electron chi connectivity index (χ4n) is 3.69. The van der Waals surface area contributed by atoms with Gasteiger partial charge in [-0.25, -0.2) is 4.39 Å². The first-order valence-electron chi connectivity index (χ1n) is 11.2. The van der Waals surface area contributed by atoms with Crippen molar-refractivity contribution in [1.82, 2.24) is 4.98 Å². The minimum absolute atomic E-state index is 0.00389. The molecule has 0 aliphatic carbocycles. The van der Waals surface area contributed by atoms with Crippen LogP contribution in [0.15, 0.2) is 79.0 Å². The molecule has 0 aliphatic heterocycles. The standard InChI is InChI=1S/C28H21F4NO4/c1-17-12-21(8-5-18(17)6-10-27(34)35)36-22-14-20(29)15-23(16-22)37-26-9-7-19(28(30,31)32)13-24(26)25-4-2-3-11-33-25/h2-5,7-9,11-16H,6,10H2,1H3,(H,34,35). The van der Waals surface area contributed by atoms with Crippen molar-refractivity contribution < 1.29 is 36.9 Å². The summed E-state index contributed by atoms with van der Waals surface area (Å²) in [6.07, 6.45) is -2.76. The van der Waals surface area contributed by atoms with Crippen LogP contribution in [0, 0.1) is 12.7 Å². The molecule has 9 heteroatoms. The van der Waals surface area contributed by atoms with E-state index in [2.05, 4.69) is 4.98 Å². The van der Waals surface area contributed by atoms with E-state index in [0.29, 0.717) is 12.2 Å². The normalized spacial score (nSPS) is 11.3. The second-order valence-electron chi connectivity index (χ2n) is 8.23. The molecule has 0 aliphatic rings. The number of carboxylic acids is 1. The number of alkyl halides is 3. The van der Waals surface area contributed by atoms with E-state index in [1.807, 2.05) is 6.92 Å². The number of pyridine rings is 1. The van der Waals surface area contributed by atoms with Crippen molar-refractivity contribution in [2.24, 2.45) is 0 Å². The van der Waals surface area contributed by atoms with Crippen LogP contribution in [0.4, 0.5) is 17.6 Å². The van der Waals surface area contributed by atoms with Gasteiger partial charge >= 0.3 is 12.1 Å². The van der Waals surface area contributed by atoms with E-state index < -0.39 is 23.5 Å². The molecule has 1 heterocycles. The highest BCUT2D eigenvalue weighted by Crippen LogP contribution is 2.39. The molecular weight excluding hydrogens is 490 g/mol. The second-order valence-corrected chi connectivity index (χ2v) is 8.23. The summed E-state index contributed by atoms with van der Waals surface area (Å²) in [5, 5.41) is 8.88. The summed E-state index contributed by atoms with van der Waals surface area (Å²) in [7, 11) is 0. The highest BCUT2D eigenvalue weighted by Gasteiger charge is 2.31. The zero-order valence-electron chi connectivity index (χ0n) is 19.6. The molecule has 1 aromatic heterocycles. The van der Waals surface area contributed by atoms with Crippen LogP contribution in [0.5, 0.6) is 23.0 Å². The molecular formula is C28H21F4NO4. The van der Waals surface area contributed by atoms with E-state index in [0.717, 1.165) is 41.5 Å². The maximum atomic E-state index is 14.4. The third kappa shape index (κ3) is 6.63. The van der Waals surface area contributed by atoms with Gasteiger partial charge in [0.25, 0.3) is 0 Å². The molecule has 0 bridgehead atoms. The molecule has 0 saturated carbocycles. The van der Waals surface area contributed by atoms with Gasteiger partial charge < -0.3 is 14.6 Å². The molecule has 4 rings (SSSR count). The molecule has 0 fully saturated rings. The number of carboxylic acid groups (broad SMARTS) is 1. The average molecular weight is 511 g/mol. The highest BCUT2D eigenvalue weighted by atomic mass is 19.4. The monoisotopic (exact) mass is 511 g/mol. The van der Waals surface area contributed by atoms with Crippen LogP contribution < -0.4 is 9.47 Å². The first-order valence-corrected chi connectivity index (χ1v) is 11.2. The molecule has 0 saturated heterocycles. The molecule has 1 N–H and O–H groups in total. The molecule has 5 nitrogen and oxygen atoms in total. The molecule has 0 unspecified atom stereocenters. The minimum Gasteiger partial charge on any atom is -0.481 e. The van der Waals surface area contributed by atoms with Crippen molar-refractivity contribution in [2.45, 2.75) is 25.9 Å². The van der Waals surface area contributed by atoms with E-state index in [1.165, 1.54) is 12.3 Å². The lowest BCUT2D eigenvalue weighted by atomic mass is 10.0. The van der Waals surface area contributed by atoms with Crippen LogP contribution >= 0.6 is 0 Å². The predicted molar refractivity (Wildman–Crippen MR) is 128 cm³/mol. The largest absolute Gasteiger partial charge is 0.481 e. The fraction of sp³-hybridized carbons (Fsp3) is 0.143. The quantitative estimate of drug-likeness (QED) is 0.244. The van der Waals surface area contributed by atoms with E-state index in [4.69, 9.17) is 14.6 Å². The van der Waals surface area contributed by atoms with Gasteiger partial charge in [0, 0.05) is 36.4 Å². The van der Waals surface area contributed by atoms with Gasteiger partial charge in [-0.05, 0) is 66.9 Å². The number of carbonyl (C=O) groups is 1. The second kappa shape index (κ2) is 10.7. The summed E-state index contributed by atoms with van der Waals surface area (Å²) in [4.78, 5) is 14.9. The van der Waals surface area contributed by atoms with Gasteiger partial charge in [0.1, 0.15) is 28.8 Å². The Hall–Kier alpha value is -4.40. The zero-order chi connectivity index (χ0) is 26.6. The summed E-state index contributed by atoms with van der Waals surface area (Å²) in [6.45, 7) is 1.81. The Balaban J connectivity index is 1.61. The molecule has 190 valence electrons. The van der Waals surface area contributed by atoms with Crippen molar-refractivity contribution in [3.63, 3.8) is 0 Å². The summed E-state index contributed by atoms with van der Waals surface area (Å²) in [5.74, 6) is -0.987. The Bertz CT molecular complexity index is 1420. The number of nitrogens with zero attached hydrogens (tertiary/aromatic N) is 1. The Morgan fingerprint density at radius 1 is 0.919 bits per heavy atom. The van der Waals surface area contributed by atoms with Crippen LogP contribution in [0.25, 0.3) is 11.3 Å². The van der Waals surface area contributed by atoms with Gasteiger partial charge in [0.15, 0.2) is 0 Å². The third-order valence-corrected chi connectivity index (χ3v) is 5.48. The average Bonchev–Trinajstić information content (AvgIpc) is 2.83. The van der Waals surface area contributed by atoms with Crippen LogP contribution in [0.1, 0.15) is 23.1 Å². The van der Waals surface area contributed by atoms with Gasteiger partial charge in [0.2, 0.25) is 0 Å². The van der Waals surface area contributed by atoms with Crippen LogP contribution in [0.3, 0.4) is 0 Å². The summed E-state index contributed by atoms with van der Waals surface area (Å²) >= 11 is 0. The number of rotatable bonds is 8. The maximum Gasteiger partial charge on any atom is 0.416 e. The van der Waals surface area contributed by atoms with Gasteiger partial charge in [-0.3, -0.25) is 9.78 Å². The molecule has 0 atom stereocenters. The number of aryl methyl sites for hydroxylation is 2. The van der Waals surface area contributed by atoms with E-state index >= 15 is 0 Å². The van der Waals surface area contributed by atoms with Crippen LogP contribution in [-0.2, 0) is 17.4 Å². The lowest BCUT2D eigenvalue weighted by molar-refractivity contribution is -0.138. The molecule has 37 heavy (non-hydrogen) atoms. The van der Waals surface area contributed by atoms with Gasteiger partial charge in [-0.15, -0.1) is 0 Å². The molecule has 0 amide bonds. The third-order valence-electron chi connectivity index (χ3n) is 5.48. The molecule has 3 aromatic carbocycles. The summed E-state index contributed by atoms with van der Waals surface area (Å²) < 4.78 is 66.0. The van der Waals surface area contributed by atoms with Crippen molar-refractivity contribution in [3.05, 3.63) is 102 Å². The number of hydrogen-bond acceptors (Lipinski definition) is 4. The lowest BCUT2D eigenvalue weighted by Crippen LogP contribution is -2.05. The molecule has 0 radical (unpaired) electrons. The van der Waals surface area contributed by atoms with Crippen molar-refractivity contribution in [3.8, 4) is 34.3 Å². The van der Waals surface area contributed by atoms with Crippen molar-refractivity contribution in [2.75, 3.05) is 0 Å². The van der Waals surface area contributed by atoms with Gasteiger partial charge in [-0.2, -0.15) is 13.2 Å². The lowest BCUT2D eigenvalue weighted by Gasteiger charge is -2.15. The minimum atomic E-state index is -4.57. The number of halogens is 4. The van der Waals surface area contributed by atoms with Crippen LogP contribution in [0.2, 0.25) is 0 Å². The topological polar surface area (TPSA) is 68.7 Å². The van der Waals surface area contributed by atoms with E-state index in [-0.39, 0.29) is 34.9 Å². The van der Waals surface area contributed by atoms with E-state index in [9.17, 15) is 22.4 Å². The molecule has 0 spiro atoms. The Morgan fingerprint density at radius 3 is 2.32 bits per heavy atom. The predicted octanol–water partition coefficient (Wildman–Crippen LogP) is 7.82. The van der Waals surface area contributed by atoms with Gasteiger partial charge in [-0.1, -0.05) is 12.1 Å². The Labute approximate surface area is 209 Å². The number of hydrogen-bond donors (Lipinski definition) is 1. The number of ether oxygens (including phenoxy) is 2. The first kappa shape index (κ1) is 25.7. The van der Waals surface area contributed by atoms with Crippen molar-refractivity contribution in [1.29, 1.82) is 0 Å². The van der Waals surface area contributed by atoms with Crippen LogP contribution in [-0.4, -0.2) is 16.1 Å². The summed E-state index contributed by atoms with van der Waals surface area (Å²) in [5.41, 5.74) is 1.15. The SMILES string of the molecule is Cc1cc(Oc2cc(F)cc(Oc3ccc(C(F)(F)F)cc3-c3ccccn3)c2)ccc1CCC(=O)O. The smallest absolute Gasteiger partial charge is 0.416 e. The number of aliphatic carboxylic acids is 1. The van der Waals surface area contributed by atoms with E-state index in [1.54, 1.807) is 36.4 Å². The Morgan fingerprint density at radius 2 is 1.68 bits per heavy atom. The fourth-order valence-corrected chi connectivity index (χ4v) is 3.69. The highest BCUT2D eigenvalue weighted by molar-refractivity contribution is 5.69. The zero-order valence-corrected chi connectivity index (χ0v) is 19.6. The molecule has 4 aromatic rings. The number of benzene rings is 3. The first-order chi connectivity index (χ1) is 17.6. The number of aromatic nitrogens is 1. The Kier molecular flexibility index (Phi) is 7.42.